The highest BCUT2D eigenvalue weighted by Crippen LogP contribution is 2.29. The number of carbonyl (C=O) groups excluding carboxylic acids is 2. The van der Waals surface area contributed by atoms with Gasteiger partial charge in [0.1, 0.15) is 5.75 Å². The fourth-order valence-corrected chi connectivity index (χ4v) is 3.33. The Morgan fingerprint density at radius 3 is 2.95 bits per heavy atom. The minimum absolute atomic E-state index is 0.0803. The van der Waals surface area contributed by atoms with E-state index >= 15 is 0 Å². The number of amides is 1. The first-order chi connectivity index (χ1) is 10.6. The van der Waals surface area contributed by atoms with Gasteiger partial charge in [0, 0.05) is 6.42 Å². The third-order valence-corrected chi connectivity index (χ3v) is 4.52. The quantitative estimate of drug-likeness (QED) is 0.941. The van der Waals surface area contributed by atoms with Crippen LogP contribution in [-0.2, 0) is 11.2 Å². The fourth-order valence-electron chi connectivity index (χ4n) is 2.34. The number of hydrogen-bond acceptors (Lipinski definition) is 5. The predicted octanol–water partition coefficient (Wildman–Crippen LogP) is 2.99. The van der Waals surface area contributed by atoms with E-state index in [1.807, 2.05) is 31.2 Å². The first-order valence-electron chi connectivity index (χ1n) is 7.14. The van der Waals surface area contributed by atoms with Gasteiger partial charge in [-0.1, -0.05) is 29.5 Å². The molecule has 1 heterocycles. The van der Waals surface area contributed by atoms with Crippen molar-refractivity contribution >= 4 is 28.2 Å². The third-order valence-electron chi connectivity index (χ3n) is 3.47. The van der Waals surface area contributed by atoms with Gasteiger partial charge in [0.15, 0.2) is 17.5 Å². The molecule has 1 amide bonds. The zero-order valence-corrected chi connectivity index (χ0v) is 13.0. The van der Waals surface area contributed by atoms with Crippen LogP contribution in [0.2, 0.25) is 0 Å². The lowest BCUT2D eigenvalue weighted by Gasteiger charge is -2.07. The molecule has 0 spiro atoms. The van der Waals surface area contributed by atoms with Crippen LogP contribution in [0, 0.1) is 6.92 Å². The van der Waals surface area contributed by atoms with Crippen LogP contribution in [0.1, 0.15) is 33.8 Å². The van der Waals surface area contributed by atoms with Crippen LogP contribution in [0.5, 0.6) is 5.75 Å². The van der Waals surface area contributed by atoms with Gasteiger partial charge in [-0.2, -0.15) is 0 Å². The summed E-state index contributed by atoms with van der Waals surface area (Å²) in [5.74, 6) is 0.531. The van der Waals surface area contributed by atoms with E-state index in [4.69, 9.17) is 4.74 Å². The van der Waals surface area contributed by atoms with E-state index < -0.39 is 0 Å². The summed E-state index contributed by atoms with van der Waals surface area (Å²) < 4.78 is 5.49. The number of rotatable bonds is 4. The summed E-state index contributed by atoms with van der Waals surface area (Å²) in [4.78, 5) is 28.7. The van der Waals surface area contributed by atoms with Crippen molar-refractivity contribution in [3.8, 4) is 5.75 Å². The van der Waals surface area contributed by atoms with E-state index in [0.29, 0.717) is 22.2 Å². The predicted molar refractivity (Wildman–Crippen MR) is 84.7 cm³/mol. The summed E-state index contributed by atoms with van der Waals surface area (Å²) in [6.07, 6.45) is 2.20. The molecule has 22 heavy (non-hydrogen) atoms. The van der Waals surface area contributed by atoms with E-state index in [9.17, 15) is 9.59 Å². The Bertz CT molecular complexity index is 724. The van der Waals surface area contributed by atoms with Gasteiger partial charge in [0.25, 0.3) is 5.91 Å². The van der Waals surface area contributed by atoms with Gasteiger partial charge < -0.3 is 4.74 Å². The molecule has 0 fully saturated rings. The Labute approximate surface area is 132 Å². The molecule has 3 rings (SSSR count). The molecule has 1 aromatic heterocycles. The first-order valence-corrected chi connectivity index (χ1v) is 7.96. The summed E-state index contributed by atoms with van der Waals surface area (Å²) in [5.41, 5.74) is 1.78. The van der Waals surface area contributed by atoms with E-state index in [-0.39, 0.29) is 18.3 Å². The number of aryl methyl sites for hydroxylation is 2. The SMILES string of the molecule is Cc1ccccc1OCC(=O)Nc1nc2c(s1)C(=O)CCC2. The second kappa shape index (κ2) is 6.27. The van der Waals surface area contributed by atoms with Crippen molar-refractivity contribution in [2.75, 3.05) is 11.9 Å². The van der Waals surface area contributed by atoms with Crippen molar-refractivity contribution in [2.45, 2.75) is 26.2 Å². The Morgan fingerprint density at radius 1 is 1.36 bits per heavy atom. The largest absolute Gasteiger partial charge is 0.483 e. The van der Waals surface area contributed by atoms with Gasteiger partial charge in [0.2, 0.25) is 0 Å². The zero-order valence-electron chi connectivity index (χ0n) is 12.2. The molecule has 0 bridgehead atoms. The monoisotopic (exact) mass is 316 g/mol. The van der Waals surface area contributed by atoms with Crippen LogP contribution in [0.4, 0.5) is 5.13 Å². The number of ketones is 1. The molecule has 0 radical (unpaired) electrons. The number of ether oxygens (including phenoxy) is 1. The van der Waals surface area contributed by atoms with Crippen molar-refractivity contribution < 1.29 is 14.3 Å². The molecule has 114 valence electrons. The fraction of sp³-hybridized carbons (Fsp3) is 0.312. The Kier molecular flexibility index (Phi) is 4.20. The third kappa shape index (κ3) is 3.17. The summed E-state index contributed by atoms with van der Waals surface area (Å²) >= 11 is 1.25. The highest BCUT2D eigenvalue weighted by Gasteiger charge is 2.22. The number of nitrogens with zero attached hydrogens (tertiary/aromatic N) is 1. The second-order valence-electron chi connectivity index (χ2n) is 5.17. The summed E-state index contributed by atoms with van der Waals surface area (Å²) in [7, 11) is 0. The second-order valence-corrected chi connectivity index (χ2v) is 6.17. The molecule has 1 aromatic carbocycles. The number of carbonyl (C=O) groups is 2. The van der Waals surface area contributed by atoms with Crippen LogP contribution in [0.25, 0.3) is 0 Å². The highest BCUT2D eigenvalue weighted by molar-refractivity contribution is 7.17. The van der Waals surface area contributed by atoms with E-state index in [2.05, 4.69) is 10.3 Å². The van der Waals surface area contributed by atoms with Crippen molar-refractivity contribution in [1.82, 2.24) is 4.98 Å². The standard InChI is InChI=1S/C16H16N2O3S/c1-10-5-2-3-8-13(10)21-9-14(20)18-16-17-11-6-4-7-12(19)15(11)22-16/h2-3,5,8H,4,6-7,9H2,1H3,(H,17,18,20). The minimum atomic E-state index is -0.276. The molecule has 1 aliphatic rings. The molecule has 6 heteroatoms. The van der Waals surface area contributed by atoms with Gasteiger partial charge in [-0.15, -0.1) is 0 Å². The smallest absolute Gasteiger partial charge is 0.264 e. The van der Waals surface area contributed by atoms with Crippen molar-refractivity contribution in [2.24, 2.45) is 0 Å². The number of thiazole rings is 1. The van der Waals surface area contributed by atoms with Crippen molar-refractivity contribution in [3.05, 3.63) is 40.4 Å². The van der Waals surface area contributed by atoms with Gasteiger partial charge in [0.05, 0.1) is 10.6 Å². The van der Waals surface area contributed by atoms with Gasteiger partial charge in [-0.25, -0.2) is 4.98 Å². The number of nitrogens with one attached hydrogen (secondary N) is 1. The molecular weight excluding hydrogens is 300 g/mol. The van der Waals surface area contributed by atoms with Crippen molar-refractivity contribution in [1.29, 1.82) is 0 Å². The Morgan fingerprint density at radius 2 is 2.18 bits per heavy atom. The maximum atomic E-state index is 11.9. The number of hydrogen-bond donors (Lipinski definition) is 1. The number of benzene rings is 1. The average molecular weight is 316 g/mol. The zero-order chi connectivity index (χ0) is 15.5. The normalized spacial score (nSPS) is 13.6. The first kappa shape index (κ1) is 14.7. The van der Waals surface area contributed by atoms with Gasteiger partial charge >= 0.3 is 0 Å². The van der Waals surface area contributed by atoms with Crippen molar-refractivity contribution in [3.63, 3.8) is 0 Å². The molecule has 0 aliphatic heterocycles. The average Bonchev–Trinajstić information content (AvgIpc) is 2.90. The lowest BCUT2D eigenvalue weighted by molar-refractivity contribution is -0.118. The Hall–Kier alpha value is -2.21. The molecule has 2 aromatic rings. The maximum absolute atomic E-state index is 11.9. The summed E-state index contributed by atoms with van der Waals surface area (Å²) in [5, 5.41) is 3.17. The summed E-state index contributed by atoms with van der Waals surface area (Å²) in [6, 6.07) is 7.52. The summed E-state index contributed by atoms with van der Waals surface area (Å²) in [6.45, 7) is 1.84. The molecule has 0 unspecified atom stereocenters. The number of Topliss-reactive ketones (excluding diaryl/α,β-unsaturated/α-hetero) is 1. The van der Waals surface area contributed by atoms with Crippen LogP contribution >= 0.6 is 11.3 Å². The highest BCUT2D eigenvalue weighted by atomic mass is 32.1. The lowest BCUT2D eigenvalue weighted by Crippen LogP contribution is -2.20. The van der Waals surface area contributed by atoms with Crippen LogP contribution in [0.15, 0.2) is 24.3 Å². The van der Waals surface area contributed by atoms with Gasteiger partial charge in [-0.3, -0.25) is 14.9 Å². The number of para-hydroxylation sites is 1. The molecule has 1 aliphatic carbocycles. The molecule has 1 N–H and O–H groups in total. The Balaban J connectivity index is 1.60. The lowest BCUT2D eigenvalue weighted by atomic mass is 10.0. The molecule has 0 saturated heterocycles. The van der Waals surface area contributed by atoms with E-state index in [0.717, 1.165) is 24.1 Å². The van der Waals surface area contributed by atoms with Crippen LogP contribution in [-0.4, -0.2) is 23.3 Å². The number of aromatic nitrogens is 1. The molecular formula is C16H16N2O3S. The maximum Gasteiger partial charge on any atom is 0.264 e. The van der Waals surface area contributed by atoms with Gasteiger partial charge in [-0.05, 0) is 31.4 Å². The molecule has 5 nitrogen and oxygen atoms in total. The van der Waals surface area contributed by atoms with Crippen LogP contribution < -0.4 is 10.1 Å². The number of fused-ring (bicyclic) bond motifs is 1. The number of anilines is 1. The molecule has 0 saturated carbocycles. The molecule has 0 atom stereocenters. The van der Waals surface area contributed by atoms with E-state index in [1.54, 1.807) is 0 Å². The van der Waals surface area contributed by atoms with Crippen LogP contribution in [0.3, 0.4) is 0 Å². The topological polar surface area (TPSA) is 68.3 Å². The van der Waals surface area contributed by atoms with E-state index in [1.165, 1.54) is 11.3 Å². The minimum Gasteiger partial charge on any atom is -0.483 e.